The van der Waals surface area contributed by atoms with Crippen LogP contribution in [0.1, 0.15) is 26.2 Å². The second kappa shape index (κ2) is 5.47. The van der Waals surface area contributed by atoms with Crippen molar-refractivity contribution in [2.24, 2.45) is 5.73 Å². The lowest BCUT2D eigenvalue weighted by atomic mass is 9.81. The summed E-state index contributed by atoms with van der Waals surface area (Å²) in [5.41, 5.74) is 6.40. The molecule has 2 rings (SSSR count). The van der Waals surface area contributed by atoms with Crippen LogP contribution in [-0.4, -0.2) is 66.1 Å². The van der Waals surface area contributed by atoms with Crippen molar-refractivity contribution in [1.29, 1.82) is 0 Å². The number of likely N-dealkylation sites (tertiary alicyclic amines) is 1. The highest BCUT2D eigenvalue weighted by molar-refractivity contribution is 7.99. The Morgan fingerprint density at radius 3 is 2.82 bits per heavy atom. The van der Waals surface area contributed by atoms with Crippen molar-refractivity contribution in [3.8, 4) is 0 Å². The molecule has 2 saturated heterocycles. The molecular formula is C13H27N3S. The SMILES string of the molecule is CC1CC(CN)(N(C)C2CCSC2)CCN1C. The van der Waals surface area contributed by atoms with E-state index < -0.39 is 0 Å². The van der Waals surface area contributed by atoms with Crippen molar-refractivity contribution < 1.29 is 0 Å². The fourth-order valence-corrected chi connectivity index (χ4v) is 4.54. The van der Waals surface area contributed by atoms with Crippen LogP contribution in [0.15, 0.2) is 0 Å². The Labute approximate surface area is 110 Å². The van der Waals surface area contributed by atoms with E-state index in [9.17, 15) is 0 Å². The Hall–Kier alpha value is 0.230. The summed E-state index contributed by atoms with van der Waals surface area (Å²) in [4.78, 5) is 5.08. The van der Waals surface area contributed by atoms with Crippen LogP contribution in [0.5, 0.6) is 0 Å². The zero-order valence-corrected chi connectivity index (χ0v) is 12.3. The zero-order valence-electron chi connectivity index (χ0n) is 11.5. The van der Waals surface area contributed by atoms with Gasteiger partial charge in [-0.05, 0) is 52.6 Å². The van der Waals surface area contributed by atoms with Crippen LogP contribution in [0, 0.1) is 0 Å². The average Bonchev–Trinajstić information content (AvgIpc) is 2.85. The van der Waals surface area contributed by atoms with E-state index in [2.05, 4.69) is 42.6 Å². The number of nitrogens with zero attached hydrogens (tertiary/aromatic N) is 2. The predicted molar refractivity (Wildman–Crippen MR) is 76.6 cm³/mol. The number of piperidine rings is 1. The summed E-state index contributed by atoms with van der Waals surface area (Å²) >= 11 is 2.09. The molecule has 0 bridgehead atoms. The van der Waals surface area contributed by atoms with E-state index in [-0.39, 0.29) is 5.54 Å². The summed E-state index contributed by atoms with van der Waals surface area (Å²) in [6.07, 6.45) is 3.78. The summed E-state index contributed by atoms with van der Waals surface area (Å²) in [6, 6.07) is 1.41. The summed E-state index contributed by atoms with van der Waals surface area (Å²) in [5, 5.41) is 0. The number of rotatable bonds is 3. The molecule has 2 heterocycles. The van der Waals surface area contributed by atoms with Gasteiger partial charge in [0, 0.05) is 29.9 Å². The van der Waals surface area contributed by atoms with Crippen LogP contribution in [-0.2, 0) is 0 Å². The Bertz CT molecular complexity index is 255. The van der Waals surface area contributed by atoms with Gasteiger partial charge < -0.3 is 10.6 Å². The molecular weight excluding hydrogens is 230 g/mol. The second-order valence-electron chi connectivity index (χ2n) is 5.84. The minimum absolute atomic E-state index is 0.251. The van der Waals surface area contributed by atoms with Crippen LogP contribution >= 0.6 is 11.8 Å². The first-order chi connectivity index (χ1) is 8.09. The molecule has 0 amide bonds. The Kier molecular flexibility index (Phi) is 4.40. The van der Waals surface area contributed by atoms with Gasteiger partial charge in [-0.15, -0.1) is 0 Å². The summed E-state index contributed by atoms with van der Waals surface area (Å²) in [6.45, 7) is 4.33. The maximum Gasteiger partial charge on any atom is 0.0358 e. The first-order valence-electron chi connectivity index (χ1n) is 6.80. The van der Waals surface area contributed by atoms with E-state index in [1.54, 1.807) is 0 Å². The van der Waals surface area contributed by atoms with Gasteiger partial charge in [0.1, 0.15) is 0 Å². The number of hydrogen-bond donors (Lipinski definition) is 1. The third-order valence-electron chi connectivity index (χ3n) is 4.94. The first kappa shape index (κ1) is 13.7. The molecule has 0 spiro atoms. The van der Waals surface area contributed by atoms with Crippen molar-refractivity contribution in [3.63, 3.8) is 0 Å². The van der Waals surface area contributed by atoms with E-state index in [1.165, 1.54) is 37.3 Å². The lowest BCUT2D eigenvalue weighted by Crippen LogP contribution is -2.62. The normalized spacial score (nSPS) is 40.1. The van der Waals surface area contributed by atoms with Crippen molar-refractivity contribution >= 4 is 11.8 Å². The first-order valence-corrected chi connectivity index (χ1v) is 7.95. The van der Waals surface area contributed by atoms with Crippen LogP contribution in [0.2, 0.25) is 0 Å². The molecule has 0 radical (unpaired) electrons. The van der Waals surface area contributed by atoms with Crippen LogP contribution in [0.4, 0.5) is 0 Å². The van der Waals surface area contributed by atoms with E-state index in [0.717, 1.165) is 12.6 Å². The standard InChI is InChI=1S/C13H27N3S/c1-11-8-13(10-14,5-6-15(11)2)16(3)12-4-7-17-9-12/h11-12H,4-10,14H2,1-3H3. The van der Waals surface area contributed by atoms with Gasteiger partial charge in [0.05, 0.1) is 0 Å². The van der Waals surface area contributed by atoms with Crippen molar-refractivity contribution in [2.75, 3.05) is 38.7 Å². The molecule has 2 aliphatic heterocycles. The molecule has 0 aromatic rings. The molecule has 4 heteroatoms. The fourth-order valence-electron chi connectivity index (χ4n) is 3.28. The zero-order chi connectivity index (χ0) is 12.5. The number of thioether (sulfide) groups is 1. The van der Waals surface area contributed by atoms with Gasteiger partial charge >= 0.3 is 0 Å². The largest absolute Gasteiger partial charge is 0.329 e. The van der Waals surface area contributed by atoms with Gasteiger partial charge in [-0.1, -0.05) is 0 Å². The molecule has 3 atom stereocenters. The van der Waals surface area contributed by atoms with Crippen molar-refractivity contribution in [2.45, 2.75) is 43.8 Å². The second-order valence-corrected chi connectivity index (χ2v) is 6.99. The fraction of sp³-hybridized carbons (Fsp3) is 1.00. The van der Waals surface area contributed by atoms with Crippen LogP contribution < -0.4 is 5.73 Å². The topological polar surface area (TPSA) is 32.5 Å². The average molecular weight is 257 g/mol. The molecule has 2 N–H and O–H groups in total. The highest BCUT2D eigenvalue weighted by Gasteiger charge is 2.42. The highest BCUT2D eigenvalue weighted by atomic mass is 32.2. The molecule has 2 aliphatic rings. The number of nitrogens with two attached hydrogens (primary N) is 1. The Balaban J connectivity index is 2.07. The molecule has 100 valence electrons. The van der Waals surface area contributed by atoms with Gasteiger partial charge in [-0.2, -0.15) is 11.8 Å². The molecule has 2 fully saturated rings. The smallest absolute Gasteiger partial charge is 0.0358 e. The number of likely N-dealkylation sites (N-methyl/N-ethyl adjacent to an activating group) is 1. The van der Waals surface area contributed by atoms with Gasteiger partial charge in [0.25, 0.3) is 0 Å². The molecule has 0 aromatic carbocycles. The monoisotopic (exact) mass is 257 g/mol. The number of hydrogen-bond acceptors (Lipinski definition) is 4. The van der Waals surface area contributed by atoms with E-state index >= 15 is 0 Å². The molecule has 0 aromatic heterocycles. The van der Waals surface area contributed by atoms with Gasteiger partial charge in [-0.3, -0.25) is 4.90 Å². The summed E-state index contributed by atoms with van der Waals surface area (Å²) < 4.78 is 0. The predicted octanol–water partition coefficient (Wildman–Crippen LogP) is 1.24. The van der Waals surface area contributed by atoms with E-state index in [4.69, 9.17) is 5.73 Å². The minimum Gasteiger partial charge on any atom is -0.329 e. The molecule has 0 saturated carbocycles. The maximum absolute atomic E-state index is 6.15. The Morgan fingerprint density at radius 1 is 1.53 bits per heavy atom. The van der Waals surface area contributed by atoms with E-state index in [1.807, 2.05) is 0 Å². The van der Waals surface area contributed by atoms with Gasteiger partial charge in [0.2, 0.25) is 0 Å². The third kappa shape index (κ3) is 2.65. The quantitative estimate of drug-likeness (QED) is 0.824. The van der Waals surface area contributed by atoms with Crippen molar-refractivity contribution in [3.05, 3.63) is 0 Å². The molecule has 0 aliphatic carbocycles. The maximum atomic E-state index is 6.15. The van der Waals surface area contributed by atoms with Crippen molar-refractivity contribution in [1.82, 2.24) is 9.80 Å². The molecule has 17 heavy (non-hydrogen) atoms. The van der Waals surface area contributed by atoms with Crippen LogP contribution in [0.25, 0.3) is 0 Å². The summed E-state index contributed by atoms with van der Waals surface area (Å²) in [5.74, 6) is 2.62. The lowest BCUT2D eigenvalue weighted by Gasteiger charge is -2.51. The third-order valence-corrected chi connectivity index (χ3v) is 6.08. The van der Waals surface area contributed by atoms with E-state index in [0.29, 0.717) is 6.04 Å². The minimum atomic E-state index is 0.251. The molecule has 3 unspecified atom stereocenters. The van der Waals surface area contributed by atoms with Gasteiger partial charge in [-0.25, -0.2) is 0 Å². The highest BCUT2D eigenvalue weighted by Crippen LogP contribution is 2.34. The summed E-state index contributed by atoms with van der Waals surface area (Å²) in [7, 11) is 4.54. The van der Waals surface area contributed by atoms with Gasteiger partial charge in [0.15, 0.2) is 0 Å². The molecule has 3 nitrogen and oxygen atoms in total. The van der Waals surface area contributed by atoms with Crippen LogP contribution in [0.3, 0.4) is 0 Å². The lowest BCUT2D eigenvalue weighted by molar-refractivity contribution is 0.00722. The Morgan fingerprint density at radius 2 is 2.29 bits per heavy atom.